The van der Waals surface area contributed by atoms with E-state index in [1.165, 1.54) is 18.7 Å². The van der Waals surface area contributed by atoms with E-state index in [9.17, 15) is 19.5 Å². The van der Waals surface area contributed by atoms with Gasteiger partial charge in [-0.1, -0.05) is 18.2 Å². The number of hydrogen-bond acceptors (Lipinski definition) is 6. The first-order chi connectivity index (χ1) is 12.8. The van der Waals surface area contributed by atoms with Crippen molar-refractivity contribution in [2.24, 2.45) is 5.92 Å². The van der Waals surface area contributed by atoms with E-state index in [0.717, 1.165) is 12.1 Å². The van der Waals surface area contributed by atoms with Gasteiger partial charge < -0.3 is 14.7 Å². The number of likely N-dealkylation sites (N-methyl/N-ethyl adjacent to an activating group) is 1. The number of carbonyl (C=O) groups excluding carboxylic acids is 3. The second kappa shape index (κ2) is 9.10. The van der Waals surface area contributed by atoms with Crippen molar-refractivity contribution in [3.63, 3.8) is 0 Å². The molecule has 27 heavy (non-hydrogen) atoms. The zero-order valence-electron chi connectivity index (χ0n) is 16.3. The molecule has 1 aromatic rings. The molecular formula is C20H28N2O5. The lowest BCUT2D eigenvalue weighted by molar-refractivity contribution is -0.146. The quantitative estimate of drug-likeness (QED) is 0.683. The van der Waals surface area contributed by atoms with Crippen LogP contribution in [0.4, 0.5) is 0 Å². The van der Waals surface area contributed by atoms with Gasteiger partial charge in [0.2, 0.25) is 5.91 Å². The number of Topliss-reactive ketones (excluding diaryl/α,β-unsaturated/α-hetero) is 2. The van der Waals surface area contributed by atoms with Gasteiger partial charge in [-0.05, 0) is 26.3 Å². The third kappa shape index (κ3) is 4.93. The predicted molar refractivity (Wildman–Crippen MR) is 100 cm³/mol. The molecule has 0 radical (unpaired) electrons. The second-order valence-electron chi connectivity index (χ2n) is 7.06. The molecule has 1 amide bonds. The molecule has 0 aromatic heterocycles. The first kappa shape index (κ1) is 21.1. The number of amides is 1. The molecule has 0 aliphatic carbocycles. The lowest BCUT2D eigenvalue weighted by atomic mass is 9.96. The van der Waals surface area contributed by atoms with Crippen molar-refractivity contribution in [3.8, 4) is 5.75 Å². The van der Waals surface area contributed by atoms with Gasteiger partial charge in [0.05, 0.1) is 19.3 Å². The Labute approximate surface area is 159 Å². The minimum absolute atomic E-state index is 0.383. The Bertz CT molecular complexity index is 691. The summed E-state index contributed by atoms with van der Waals surface area (Å²) in [5.74, 6) is -2.12. The molecule has 2 atom stereocenters. The number of methoxy groups -OCH3 is 1. The van der Waals surface area contributed by atoms with Gasteiger partial charge in [-0.25, -0.2) is 0 Å². The number of ketones is 2. The summed E-state index contributed by atoms with van der Waals surface area (Å²) in [6.45, 7) is 4.23. The molecule has 7 nitrogen and oxygen atoms in total. The average molecular weight is 376 g/mol. The summed E-state index contributed by atoms with van der Waals surface area (Å²) in [5.41, 5.74) is 0.795. The fraction of sp³-hybridized carbons (Fsp3) is 0.550. The Kier molecular flexibility index (Phi) is 7.10. The molecule has 1 fully saturated rings. The number of benzene rings is 1. The van der Waals surface area contributed by atoms with E-state index in [1.807, 2.05) is 24.3 Å². The van der Waals surface area contributed by atoms with Crippen LogP contribution in [0.25, 0.3) is 0 Å². The first-order valence-electron chi connectivity index (χ1n) is 9.07. The zero-order valence-corrected chi connectivity index (χ0v) is 16.3. The van der Waals surface area contributed by atoms with Crippen LogP contribution in [0.15, 0.2) is 24.3 Å². The van der Waals surface area contributed by atoms with Gasteiger partial charge in [0.1, 0.15) is 17.3 Å². The summed E-state index contributed by atoms with van der Waals surface area (Å²) in [4.78, 5) is 40.2. The highest BCUT2D eigenvalue weighted by Crippen LogP contribution is 2.31. The largest absolute Gasteiger partial charge is 0.496 e. The molecule has 148 valence electrons. The van der Waals surface area contributed by atoms with E-state index < -0.39 is 29.4 Å². The Morgan fingerprint density at radius 1 is 1.26 bits per heavy atom. The molecule has 0 saturated carbocycles. The highest BCUT2D eigenvalue weighted by Gasteiger charge is 2.36. The fourth-order valence-electron chi connectivity index (χ4n) is 3.59. The summed E-state index contributed by atoms with van der Waals surface area (Å²) >= 11 is 0. The molecule has 1 saturated heterocycles. The van der Waals surface area contributed by atoms with Crippen molar-refractivity contribution in [2.75, 3.05) is 33.8 Å². The van der Waals surface area contributed by atoms with Gasteiger partial charge in [-0.2, -0.15) is 0 Å². The van der Waals surface area contributed by atoms with E-state index in [0.29, 0.717) is 25.3 Å². The monoisotopic (exact) mass is 376 g/mol. The van der Waals surface area contributed by atoms with Crippen molar-refractivity contribution in [2.45, 2.75) is 32.4 Å². The van der Waals surface area contributed by atoms with Gasteiger partial charge in [-0.3, -0.25) is 19.3 Å². The Balaban J connectivity index is 2.37. The SMILES string of the molecule is COc1ccccc1[C@@H](CN1CC[C@H](O)C1)N(C)C(=O)C(C(C)=O)C(C)=O. The minimum Gasteiger partial charge on any atom is -0.496 e. The highest BCUT2D eigenvalue weighted by atomic mass is 16.5. The number of ether oxygens (including phenoxy) is 1. The van der Waals surface area contributed by atoms with Gasteiger partial charge >= 0.3 is 0 Å². The van der Waals surface area contributed by atoms with Gasteiger partial charge in [-0.15, -0.1) is 0 Å². The zero-order chi connectivity index (χ0) is 20.1. The van der Waals surface area contributed by atoms with Crippen LogP contribution in [-0.2, 0) is 14.4 Å². The number of hydrogen-bond donors (Lipinski definition) is 1. The second-order valence-corrected chi connectivity index (χ2v) is 7.06. The van der Waals surface area contributed by atoms with Crippen LogP contribution in [0, 0.1) is 5.92 Å². The van der Waals surface area contributed by atoms with E-state index in [4.69, 9.17) is 4.74 Å². The summed E-state index contributed by atoms with van der Waals surface area (Å²) in [7, 11) is 3.16. The summed E-state index contributed by atoms with van der Waals surface area (Å²) < 4.78 is 5.46. The van der Waals surface area contributed by atoms with Crippen LogP contribution in [0.2, 0.25) is 0 Å². The third-order valence-corrected chi connectivity index (χ3v) is 5.05. The maximum absolute atomic E-state index is 13.0. The summed E-state index contributed by atoms with van der Waals surface area (Å²) in [5, 5.41) is 9.83. The molecule has 1 aromatic carbocycles. The molecular weight excluding hydrogens is 348 g/mol. The molecule has 1 heterocycles. The van der Waals surface area contributed by atoms with Gasteiger partial charge in [0.25, 0.3) is 0 Å². The number of aliphatic hydroxyl groups excluding tert-OH is 1. The molecule has 0 unspecified atom stereocenters. The van der Waals surface area contributed by atoms with Crippen LogP contribution in [-0.4, -0.2) is 72.3 Å². The lowest BCUT2D eigenvalue weighted by Crippen LogP contribution is -2.45. The molecule has 1 aliphatic rings. The Morgan fingerprint density at radius 3 is 2.41 bits per heavy atom. The number of para-hydroxylation sites is 1. The highest BCUT2D eigenvalue weighted by molar-refractivity contribution is 6.17. The van der Waals surface area contributed by atoms with Crippen LogP contribution >= 0.6 is 0 Å². The Hall–Kier alpha value is -2.25. The van der Waals surface area contributed by atoms with Crippen molar-refractivity contribution in [1.82, 2.24) is 9.80 Å². The number of β-amino-alcohol motifs (C(OH)–C–C–N with tert-alkyl or cyclic N) is 1. The number of carbonyl (C=O) groups is 3. The van der Waals surface area contributed by atoms with E-state index in [-0.39, 0.29) is 6.10 Å². The molecule has 7 heteroatoms. The molecule has 1 aliphatic heterocycles. The standard InChI is InChI=1S/C20H28N2O5/c1-13(23)19(14(2)24)20(26)21(3)17(12-22-10-9-15(25)11-22)16-7-5-6-8-18(16)27-4/h5-8,15,17,19,25H,9-12H2,1-4H3/t15-,17+/m0/s1. The van der Waals surface area contributed by atoms with Crippen LogP contribution in [0.5, 0.6) is 5.75 Å². The number of nitrogens with zero attached hydrogens (tertiary/aromatic N) is 2. The first-order valence-corrected chi connectivity index (χ1v) is 9.07. The predicted octanol–water partition coefficient (Wildman–Crippen LogP) is 1.06. The van der Waals surface area contributed by atoms with Crippen molar-refractivity contribution < 1.29 is 24.2 Å². The van der Waals surface area contributed by atoms with Crippen LogP contribution in [0.1, 0.15) is 31.9 Å². The number of likely N-dealkylation sites (tertiary alicyclic amines) is 1. The number of aliphatic hydroxyl groups is 1. The molecule has 0 bridgehead atoms. The molecule has 2 rings (SSSR count). The maximum Gasteiger partial charge on any atom is 0.240 e. The minimum atomic E-state index is -1.30. The van der Waals surface area contributed by atoms with Crippen molar-refractivity contribution >= 4 is 17.5 Å². The van der Waals surface area contributed by atoms with E-state index in [1.54, 1.807) is 14.2 Å². The third-order valence-electron chi connectivity index (χ3n) is 5.05. The number of rotatable bonds is 8. The van der Waals surface area contributed by atoms with Crippen LogP contribution in [0.3, 0.4) is 0 Å². The van der Waals surface area contributed by atoms with E-state index >= 15 is 0 Å². The average Bonchev–Trinajstić information content (AvgIpc) is 3.03. The Morgan fingerprint density at radius 2 is 1.89 bits per heavy atom. The van der Waals surface area contributed by atoms with Gasteiger partial charge in [0.15, 0.2) is 5.92 Å². The lowest BCUT2D eigenvalue weighted by Gasteiger charge is -2.34. The van der Waals surface area contributed by atoms with Crippen molar-refractivity contribution in [3.05, 3.63) is 29.8 Å². The summed E-state index contributed by atoms with van der Waals surface area (Å²) in [6, 6.07) is 6.97. The van der Waals surface area contributed by atoms with Gasteiger partial charge in [0, 0.05) is 32.2 Å². The normalized spacial score (nSPS) is 18.4. The van der Waals surface area contributed by atoms with E-state index in [2.05, 4.69) is 4.90 Å². The molecule has 0 spiro atoms. The molecule has 1 N–H and O–H groups in total. The summed E-state index contributed by atoms with van der Waals surface area (Å²) in [6.07, 6.45) is 0.298. The fourth-order valence-corrected chi connectivity index (χ4v) is 3.59. The van der Waals surface area contributed by atoms with Crippen molar-refractivity contribution in [1.29, 1.82) is 0 Å². The maximum atomic E-state index is 13.0. The topological polar surface area (TPSA) is 87.2 Å². The van der Waals surface area contributed by atoms with Crippen LogP contribution < -0.4 is 4.74 Å². The smallest absolute Gasteiger partial charge is 0.240 e.